The summed E-state index contributed by atoms with van der Waals surface area (Å²) in [5, 5.41) is 16.3. The van der Waals surface area contributed by atoms with Crippen LogP contribution in [-0.2, 0) is 4.74 Å². The van der Waals surface area contributed by atoms with Crippen LogP contribution >= 0.6 is 24.0 Å². The van der Waals surface area contributed by atoms with Crippen molar-refractivity contribution in [2.45, 2.75) is 32.0 Å². The molecule has 1 aliphatic heterocycles. The normalized spacial score (nSPS) is 18.4. The molecule has 2 unspecified atom stereocenters. The molecule has 142 valence electrons. The number of aliphatic imine (C=N–C) groups is 1. The van der Waals surface area contributed by atoms with Crippen LogP contribution in [0.5, 0.6) is 5.75 Å². The van der Waals surface area contributed by atoms with Gasteiger partial charge in [-0.2, -0.15) is 0 Å². The second kappa shape index (κ2) is 12.3. The minimum absolute atomic E-state index is 0. The first-order chi connectivity index (χ1) is 11.7. The molecule has 1 aromatic rings. The Morgan fingerprint density at radius 3 is 2.80 bits per heavy atom. The van der Waals surface area contributed by atoms with Crippen molar-refractivity contribution in [1.82, 2.24) is 10.6 Å². The molecule has 1 saturated heterocycles. The summed E-state index contributed by atoms with van der Waals surface area (Å²) in [6.45, 7) is 4.55. The monoisotopic (exact) mass is 467 g/mol. The van der Waals surface area contributed by atoms with Gasteiger partial charge in [0.15, 0.2) is 5.96 Å². The summed E-state index contributed by atoms with van der Waals surface area (Å²) < 4.78 is 23.8. The number of nitrogens with one attached hydrogen (secondary N) is 2. The van der Waals surface area contributed by atoms with Gasteiger partial charge in [0.1, 0.15) is 24.3 Å². The Morgan fingerprint density at radius 2 is 2.16 bits per heavy atom. The third-order valence-electron chi connectivity index (χ3n) is 3.58. The maximum absolute atomic E-state index is 12.8. The highest BCUT2D eigenvalue weighted by Gasteiger charge is 2.15. The predicted molar refractivity (Wildman–Crippen MR) is 106 cm³/mol. The zero-order chi connectivity index (χ0) is 17.2. The molecule has 0 bridgehead atoms. The third-order valence-corrected chi connectivity index (χ3v) is 3.58. The fourth-order valence-corrected chi connectivity index (χ4v) is 2.33. The molecule has 1 heterocycles. The number of benzene rings is 1. The fourth-order valence-electron chi connectivity index (χ4n) is 2.33. The Labute approximate surface area is 165 Å². The van der Waals surface area contributed by atoms with Crippen molar-refractivity contribution in [2.24, 2.45) is 4.99 Å². The predicted octanol–water partition coefficient (Wildman–Crippen LogP) is 1.92. The van der Waals surface area contributed by atoms with Crippen molar-refractivity contribution in [1.29, 1.82) is 0 Å². The molecule has 1 aliphatic rings. The van der Waals surface area contributed by atoms with Gasteiger partial charge >= 0.3 is 0 Å². The molecular formula is C17H27FIN3O3. The lowest BCUT2D eigenvalue weighted by molar-refractivity contribution is 0.112. The minimum atomic E-state index is -0.742. The van der Waals surface area contributed by atoms with E-state index in [1.165, 1.54) is 24.3 Å². The topological polar surface area (TPSA) is 75.1 Å². The van der Waals surface area contributed by atoms with Crippen LogP contribution in [-0.4, -0.2) is 56.1 Å². The Morgan fingerprint density at radius 1 is 1.40 bits per heavy atom. The van der Waals surface area contributed by atoms with Crippen molar-refractivity contribution >= 4 is 29.9 Å². The van der Waals surface area contributed by atoms with Gasteiger partial charge in [0.2, 0.25) is 0 Å². The molecule has 0 aromatic heterocycles. The molecule has 2 atom stereocenters. The third kappa shape index (κ3) is 8.68. The molecule has 0 aliphatic carbocycles. The van der Waals surface area contributed by atoms with Crippen molar-refractivity contribution in [3.63, 3.8) is 0 Å². The zero-order valence-electron chi connectivity index (χ0n) is 14.4. The van der Waals surface area contributed by atoms with E-state index in [1.54, 1.807) is 0 Å². The van der Waals surface area contributed by atoms with Gasteiger partial charge in [-0.25, -0.2) is 4.39 Å². The van der Waals surface area contributed by atoms with E-state index < -0.39 is 6.10 Å². The first-order valence-corrected chi connectivity index (χ1v) is 8.37. The Hall–Kier alpha value is -1.13. The van der Waals surface area contributed by atoms with E-state index >= 15 is 0 Å². The van der Waals surface area contributed by atoms with Crippen LogP contribution in [0.15, 0.2) is 29.3 Å². The molecule has 3 N–H and O–H groups in total. The van der Waals surface area contributed by atoms with Crippen LogP contribution < -0.4 is 15.4 Å². The molecule has 8 heteroatoms. The van der Waals surface area contributed by atoms with Gasteiger partial charge in [0.05, 0.1) is 12.6 Å². The molecule has 6 nitrogen and oxygen atoms in total. The summed E-state index contributed by atoms with van der Waals surface area (Å²) in [6.07, 6.45) is 1.63. The molecule has 0 saturated carbocycles. The number of ether oxygens (including phenoxy) is 2. The number of nitrogens with zero attached hydrogens (tertiary/aromatic N) is 1. The van der Waals surface area contributed by atoms with Crippen LogP contribution in [0.3, 0.4) is 0 Å². The van der Waals surface area contributed by atoms with Gasteiger partial charge in [-0.1, -0.05) is 0 Å². The van der Waals surface area contributed by atoms with Gasteiger partial charge in [-0.15, -0.1) is 24.0 Å². The van der Waals surface area contributed by atoms with Crippen LogP contribution in [0, 0.1) is 5.82 Å². The number of hydrogen-bond donors (Lipinski definition) is 3. The summed E-state index contributed by atoms with van der Waals surface area (Å²) in [6, 6.07) is 5.69. The van der Waals surface area contributed by atoms with Crippen LogP contribution in [0.2, 0.25) is 0 Å². The van der Waals surface area contributed by atoms with Gasteiger partial charge in [-0.05, 0) is 44.0 Å². The zero-order valence-corrected chi connectivity index (χ0v) is 16.7. The SMILES string of the molecule is CCNC(=NCC(O)COc1ccc(F)cc1)NCC1CCCO1.I. The Balaban J connectivity index is 0.00000312. The van der Waals surface area contributed by atoms with E-state index in [4.69, 9.17) is 9.47 Å². The number of rotatable bonds is 8. The fraction of sp³-hybridized carbons (Fsp3) is 0.588. The number of aliphatic hydroxyl groups excluding tert-OH is 1. The standard InChI is InChI=1S/C17H26FN3O3.HI/c1-2-19-17(21-11-16-4-3-9-23-16)20-10-14(22)12-24-15-7-5-13(18)6-8-15;/h5-8,14,16,22H,2-4,9-12H2,1H3,(H2,19,20,21);1H. The number of hydrogen-bond acceptors (Lipinski definition) is 4. The summed E-state index contributed by atoms with van der Waals surface area (Å²) in [5.41, 5.74) is 0. The molecule has 1 aromatic carbocycles. The first kappa shape index (κ1) is 21.9. The van der Waals surface area contributed by atoms with Gasteiger partial charge in [-0.3, -0.25) is 4.99 Å². The molecule has 0 spiro atoms. The Bertz CT molecular complexity index is 510. The second-order valence-electron chi connectivity index (χ2n) is 5.65. The molecule has 0 radical (unpaired) electrons. The van der Waals surface area contributed by atoms with Crippen molar-refractivity contribution in [2.75, 3.05) is 32.8 Å². The maximum atomic E-state index is 12.8. The van der Waals surface area contributed by atoms with Gasteiger partial charge in [0.25, 0.3) is 0 Å². The van der Waals surface area contributed by atoms with Gasteiger partial charge < -0.3 is 25.2 Å². The summed E-state index contributed by atoms with van der Waals surface area (Å²) >= 11 is 0. The smallest absolute Gasteiger partial charge is 0.191 e. The number of halogens is 2. The average molecular weight is 467 g/mol. The molecule has 2 rings (SSSR count). The number of aliphatic hydroxyl groups is 1. The largest absolute Gasteiger partial charge is 0.491 e. The Kier molecular flexibility index (Phi) is 10.7. The molecule has 25 heavy (non-hydrogen) atoms. The lowest BCUT2D eigenvalue weighted by Crippen LogP contribution is -2.41. The number of guanidine groups is 1. The van der Waals surface area contributed by atoms with Crippen LogP contribution in [0.25, 0.3) is 0 Å². The van der Waals surface area contributed by atoms with E-state index in [2.05, 4.69) is 15.6 Å². The lowest BCUT2D eigenvalue weighted by atomic mass is 10.2. The maximum Gasteiger partial charge on any atom is 0.191 e. The highest BCUT2D eigenvalue weighted by atomic mass is 127. The van der Waals surface area contributed by atoms with Crippen molar-refractivity contribution in [3.05, 3.63) is 30.1 Å². The van der Waals surface area contributed by atoms with Crippen LogP contribution in [0.4, 0.5) is 4.39 Å². The molecular weight excluding hydrogens is 440 g/mol. The van der Waals surface area contributed by atoms with E-state index in [-0.39, 0.29) is 49.0 Å². The summed E-state index contributed by atoms with van der Waals surface area (Å²) in [5.74, 6) is 0.844. The first-order valence-electron chi connectivity index (χ1n) is 8.37. The quantitative estimate of drug-likeness (QED) is 0.310. The second-order valence-corrected chi connectivity index (χ2v) is 5.65. The minimum Gasteiger partial charge on any atom is -0.491 e. The highest BCUT2D eigenvalue weighted by Crippen LogP contribution is 2.11. The van der Waals surface area contributed by atoms with E-state index in [9.17, 15) is 9.50 Å². The van der Waals surface area contributed by atoms with Crippen molar-refractivity contribution in [3.8, 4) is 5.75 Å². The van der Waals surface area contributed by atoms with Crippen molar-refractivity contribution < 1.29 is 19.0 Å². The van der Waals surface area contributed by atoms with Crippen LogP contribution in [0.1, 0.15) is 19.8 Å². The van der Waals surface area contributed by atoms with Gasteiger partial charge in [0, 0.05) is 19.7 Å². The van der Waals surface area contributed by atoms with E-state index in [0.717, 1.165) is 26.0 Å². The van der Waals surface area contributed by atoms with E-state index in [0.29, 0.717) is 18.3 Å². The molecule has 0 amide bonds. The lowest BCUT2D eigenvalue weighted by Gasteiger charge is -2.16. The molecule has 1 fully saturated rings. The summed E-state index contributed by atoms with van der Waals surface area (Å²) in [7, 11) is 0. The average Bonchev–Trinajstić information content (AvgIpc) is 3.10. The van der Waals surface area contributed by atoms with E-state index in [1.807, 2.05) is 6.92 Å². The highest BCUT2D eigenvalue weighted by molar-refractivity contribution is 14.0. The summed E-state index contributed by atoms with van der Waals surface area (Å²) in [4.78, 5) is 4.35.